The van der Waals surface area contributed by atoms with Crippen LogP contribution in [-0.2, 0) is 6.54 Å². The standard InChI is InChI=1S/C14H19ClN2O2/c15-13-7-11(14(18)19)1-2-12(13)9-17-5-3-10(8-16)4-6-17/h1-2,7,10H,3-6,8-9,16H2,(H,18,19). The van der Waals surface area contributed by atoms with Crippen molar-refractivity contribution in [1.82, 2.24) is 4.90 Å². The van der Waals surface area contributed by atoms with Crippen LogP contribution in [-0.4, -0.2) is 35.6 Å². The molecule has 0 aromatic heterocycles. The first kappa shape index (κ1) is 14.3. The van der Waals surface area contributed by atoms with Crippen molar-refractivity contribution in [3.63, 3.8) is 0 Å². The van der Waals surface area contributed by atoms with Gasteiger partial charge in [-0.15, -0.1) is 0 Å². The summed E-state index contributed by atoms with van der Waals surface area (Å²) in [4.78, 5) is 13.2. The summed E-state index contributed by atoms with van der Waals surface area (Å²) >= 11 is 6.14. The van der Waals surface area contributed by atoms with E-state index >= 15 is 0 Å². The quantitative estimate of drug-likeness (QED) is 0.888. The molecule has 1 heterocycles. The van der Waals surface area contributed by atoms with Crippen LogP contribution in [0, 0.1) is 5.92 Å². The van der Waals surface area contributed by atoms with E-state index in [0.29, 0.717) is 10.9 Å². The van der Waals surface area contributed by atoms with Crippen molar-refractivity contribution in [3.8, 4) is 0 Å². The number of piperidine rings is 1. The SMILES string of the molecule is NCC1CCN(Cc2ccc(C(=O)O)cc2Cl)CC1. The molecular formula is C14H19ClN2O2. The molecule has 1 aliphatic heterocycles. The summed E-state index contributed by atoms with van der Waals surface area (Å²) in [5, 5.41) is 9.43. The van der Waals surface area contributed by atoms with Gasteiger partial charge in [-0.2, -0.15) is 0 Å². The van der Waals surface area contributed by atoms with Gasteiger partial charge in [0.25, 0.3) is 0 Å². The van der Waals surface area contributed by atoms with Crippen molar-refractivity contribution in [2.75, 3.05) is 19.6 Å². The van der Waals surface area contributed by atoms with Crippen LogP contribution < -0.4 is 5.73 Å². The fraction of sp³-hybridized carbons (Fsp3) is 0.500. The number of carboxylic acid groups (broad SMARTS) is 1. The molecule has 0 spiro atoms. The Morgan fingerprint density at radius 1 is 1.42 bits per heavy atom. The predicted molar refractivity (Wildman–Crippen MR) is 75.5 cm³/mol. The van der Waals surface area contributed by atoms with E-state index in [1.54, 1.807) is 12.1 Å². The van der Waals surface area contributed by atoms with Gasteiger partial charge in [0.15, 0.2) is 0 Å². The minimum absolute atomic E-state index is 0.232. The van der Waals surface area contributed by atoms with Crippen LogP contribution in [0.1, 0.15) is 28.8 Å². The van der Waals surface area contributed by atoms with E-state index < -0.39 is 5.97 Å². The number of hydrogen-bond donors (Lipinski definition) is 2. The lowest BCUT2D eigenvalue weighted by Gasteiger charge is -2.31. The lowest BCUT2D eigenvalue weighted by Crippen LogP contribution is -2.35. The molecule has 0 unspecified atom stereocenters. The Bertz CT molecular complexity index is 457. The Hall–Kier alpha value is -1.10. The molecule has 19 heavy (non-hydrogen) atoms. The summed E-state index contributed by atoms with van der Waals surface area (Å²) in [5.74, 6) is -0.307. The molecule has 3 N–H and O–H groups in total. The molecule has 0 bridgehead atoms. The summed E-state index contributed by atoms with van der Waals surface area (Å²) in [6.45, 7) is 3.59. The van der Waals surface area contributed by atoms with Gasteiger partial charge in [0.1, 0.15) is 0 Å². The molecule has 0 aliphatic carbocycles. The third-order valence-electron chi connectivity index (χ3n) is 3.73. The van der Waals surface area contributed by atoms with Crippen molar-refractivity contribution in [2.45, 2.75) is 19.4 Å². The van der Waals surface area contributed by atoms with Gasteiger partial charge in [0.05, 0.1) is 5.56 Å². The maximum absolute atomic E-state index is 10.8. The molecule has 2 rings (SSSR count). The second-order valence-electron chi connectivity index (χ2n) is 5.07. The third-order valence-corrected chi connectivity index (χ3v) is 4.09. The van der Waals surface area contributed by atoms with Gasteiger partial charge in [0, 0.05) is 11.6 Å². The van der Waals surface area contributed by atoms with Crippen LogP contribution in [0.3, 0.4) is 0 Å². The lowest BCUT2D eigenvalue weighted by molar-refractivity contribution is 0.0697. The summed E-state index contributed by atoms with van der Waals surface area (Å²) < 4.78 is 0. The number of likely N-dealkylation sites (tertiary alicyclic amines) is 1. The lowest BCUT2D eigenvalue weighted by atomic mass is 9.97. The van der Waals surface area contributed by atoms with Gasteiger partial charge in [-0.1, -0.05) is 17.7 Å². The van der Waals surface area contributed by atoms with Crippen LogP contribution in [0.25, 0.3) is 0 Å². The molecular weight excluding hydrogens is 264 g/mol. The zero-order valence-electron chi connectivity index (χ0n) is 10.8. The van der Waals surface area contributed by atoms with Gasteiger partial charge < -0.3 is 10.8 Å². The normalized spacial score (nSPS) is 17.6. The van der Waals surface area contributed by atoms with Crippen molar-refractivity contribution in [3.05, 3.63) is 34.3 Å². The minimum atomic E-state index is -0.947. The molecule has 4 nitrogen and oxygen atoms in total. The first-order chi connectivity index (χ1) is 9.10. The van der Waals surface area contributed by atoms with Crippen molar-refractivity contribution < 1.29 is 9.90 Å². The zero-order valence-corrected chi connectivity index (χ0v) is 11.6. The van der Waals surface area contributed by atoms with Crippen LogP contribution in [0.4, 0.5) is 0 Å². The topological polar surface area (TPSA) is 66.6 Å². The highest BCUT2D eigenvalue weighted by Crippen LogP contribution is 2.23. The zero-order chi connectivity index (χ0) is 13.8. The second kappa shape index (κ2) is 6.37. The highest BCUT2D eigenvalue weighted by Gasteiger charge is 2.19. The number of benzene rings is 1. The molecule has 0 radical (unpaired) electrons. The van der Waals surface area contributed by atoms with Gasteiger partial charge in [0.2, 0.25) is 0 Å². The number of halogens is 1. The molecule has 1 aliphatic rings. The number of nitrogens with zero attached hydrogens (tertiary/aromatic N) is 1. The van der Waals surface area contributed by atoms with Crippen LogP contribution in [0.2, 0.25) is 5.02 Å². The van der Waals surface area contributed by atoms with Gasteiger partial charge in [-0.25, -0.2) is 4.79 Å². The van der Waals surface area contributed by atoms with Crippen molar-refractivity contribution in [1.29, 1.82) is 0 Å². The van der Waals surface area contributed by atoms with E-state index in [0.717, 1.165) is 44.6 Å². The fourth-order valence-corrected chi connectivity index (χ4v) is 2.67. The molecule has 0 atom stereocenters. The fourth-order valence-electron chi connectivity index (χ4n) is 2.43. The minimum Gasteiger partial charge on any atom is -0.478 e. The van der Waals surface area contributed by atoms with Crippen molar-refractivity contribution >= 4 is 17.6 Å². The number of aromatic carboxylic acids is 1. The maximum Gasteiger partial charge on any atom is 0.335 e. The Morgan fingerprint density at radius 2 is 2.11 bits per heavy atom. The Morgan fingerprint density at radius 3 is 2.63 bits per heavy atom. The van der Waals surface area contributed by atoms with Gasteiger partial charge >= 0.3 is 5.97 Å². The Kier molecular flexibility index (Phi) is 4.80. The van der Waals surface area contributed by atoms with Gasteiger partial charge in [-0.3, -0.25) is 4.90 Å². The van der Waals surface area contributed by atoms with Crippen LogP contribution in [0.15, 0.2) is 18.2 Å². The summed E-state index contributed by atoms with van der Waals surface area (Å²) in [7, 11) is 0. The van der Waals surface area contributed by atoms with E-state index in [1.807, 2.05) is 0 Å². The number of hydrogen-bond acceptors (Lipinski definition) is 3. The van der Waals surface area contributed by atoms with Crippen LogP contribution >= 0.6 is 11.6 Å². The number of nitrogens with two attached hydrogens (primary N) is 1. The van der Waals surface area contributed by atoms with E-state index in [4.69, 9.17) is 22.4 Å². The van der Waals surface area contributed by atoms with Crippen molar-refractivity contribution in [2.24, 2.45) is 11.7 Å². The van der Waals surface area contributed by atoms with Gasteiger partial charge in [-0.05, 0) is 56.1 Å². The molecule has 5 heteroatoms. The first-order valence-corrected chi connectivity index (χ1v) is 6.92. The Balaban J connectivity index is 1.98. The van der Waals surface area contributed by atoms with Crippen LogP contribution in [0.5, 0.6) is 0 Å². The predicted octanol–water partition coefficient (Wildman–Crippen LogP) is 2.21. The van der Waals surface area contributed by atoms with E-state index in [2.05, 4.69) is 4.90 Å². The monoisotopic (exact) mass is 282 g/mol. The third kappa shape index (κ3) is 3.69. The first-order valence-electron chi connectivity index (χ1n) is 6.54. The van der Waals surface area contributed by atoms with E-state index in [-0.39, 0.29) is 5.56 Å². The maximum atomic E-state index is 10.8. The number of rotatable bonds is 4. The summed E-state index contributed by atoms with van der Waals surface area (Å²) in [6, 6.07) is 4.93. The van der Waals surface area contributed by atoms with E-state index in [1.165, 1.54) is 6.07 Å². The van der Waals surface area contributed by atoms with E-state index in [9.17, 15) is 4.79 Å². The number of carboxylic acids is 1. The highest BCUT2D eigenvalue weighted by molar-refractivity contribution is 6.31. The molecule has 0 amide bonds. The molecule has 1 aromatic rings. The highest BCUT2D eigenvalue weighted by atomic mass is 35.5. The summed E-state index contributed by atoms with van der Waals surface area (Å²) in [6.07, 6.45) is 2.25. The molecule has 0 saturated carbocycles. The second-order valence-corrected chi connectivity index (χ2v) is 5.47. The molecule has 104 valence electrons. The largest absolute Gasteiger partial charge is 0.478 e. The number of carbonyl (C=O) groups is 1. The molecule has 1 fully saturated rings. The Labute approximate surface area is 118 Å². The molecule has 1 aromatic carbocycles. The summed E-state index contributed by atoms with van der Waals surface area (Å²) in [5.41, 5.74) is 6.89. The molecule has 1 saturated heterocycles. The smallest absolute Gasteiger partial charge is 0.335 e. The average Bonchev–Trinajstić information content (AvgIpc) is 2.41. The average molecular weight is 283 g/mol.